The van der Waals surface area contributed by atoms with Gasteiger partial charge in [-0.1, -0.05) is 53.1 Å². The normalized spacial score (nSPS) is 10.6. The molecule has 0 spiro atoms. The molecule has 3 rings (SSSR count). The topological polar surface area (TPSA) is 79.1 Å². The molecular formula is C23H24N4O2S3. The predicted octanol–water partition coefficient (Wildman–Crippen LogP) is 5.49. The fourth-order valence-electron chi connectivity index (χ4n) is 2.84. The highest BCUT2D eigenvalue weighted by molar-refractivity contribution is 8.03. The zero-order valence-electron chi connectivity index (χ0n) is 18.2. The van der Waals surface area contributed by atoms with E-state index in [1.165, 1.54) is 34.2 Å². The number of ether oxygens (including phenoxy) is 1. The monoisotopic (exact) mass is 484 g/mol. The molecule has 3 aromatic rings. The van der Waals surface area contributed by atoms with Gasteiger partial charge in [-0.15, -0.1) is 10.2 Å². The van der Waals surface area contributed by atoms with Crippen LogP contribution in [-0.4, -0.2) is 35.5 Å². The molecule has 6 nitrogen and oxygen atoms in total. The van der Waals surface area contributed by atoms with Gasteiger partial charge in [-0.2, -0.15) is 5.26 Å². The minimum absolute atomic E-state index is 0.0452. The van der Waals surface area contributed by atoms with Crippen LogP contribution in [0.4, 0.5) is 5.69 Å². The van der Waals surface area contributed by atoms with Gasteiger partial charge in [0, 0.05) is 18.0 Å². The van der Waals surface area contributed by atoms with Crippen LogP contribution >= 0.6 is 34.9 Å². The van der Waals surface area contributed by atoms with Crippen molar-refractivity contribution in [1.29, 1.82) is 5.26 Å². The largest absolute Gasteiger partial charge is 0.497 e. The van der Waals surface area contributed by atoms with Crippen LogP contribution in [-0.2, 0) is 10.5 Å². The Morgan fingerprint density at radius 3 is 2.47 bits per heavy atom. The molecule has 0 aliphatic carbocycles. The third-order valence-electron chi connectivity index (χ3n) is 4.78. The van der Waals surface area contributed by atoms with E-state index in [1.54, 1.807) is 23.8 Å². The molecule has 166 valence electrons. The van der Waals surface area contributed by atoms with Gasteiger partial charge in [0.05, 0.1) is 25.4 Å². The average molecular weight is 485 g/mol. The number of anilines is 1. The molecule has 0 aliphatic rings. The van der Waals surface area contributed by atoms with Crippen LogP contribution in [0.1, 0.15) is 23.1 Å². The van der Waals surface area contributed by atoms with Crippen LogP contribution < -0.4 is 9.64 Å². The standard InChI is InChI=1S/C23H24N4O2S3/c1-16-5-8-19(13-17(16)2)27(12-4-11-24)21(28)15-31-23-26-25-22(32-23)30-14-18-6-9-20(29-3)10-7-18/h5-10,13H,4,12,14-15H2,1-3H3. The van der Waals surface area contributed by atoms with E-state index in [0.29, 0.717) is 6.54 Å². The summed E-state index contributed by atoms with van der Waals surface area (Å²) in [6.45, 7) is 4.43. The van der Waals surface area contributed by atoms with E-state index >= 15 is 0 Å². The number of aromatic nitrogens is 2. The summed E-state index contributed by atoms with van der Waals surface area (Å²) in [5.74, 6) is 1.83. The molecule has 2 aromatic carbocycles. The second kappa shape index (κ2) is 11.9. The Morgan fingerprint density at radius 2 is 1.81 bits per heavy atom. The maximum Gasteiger partial charge on any atom is 0.237 e. The summed E-state index contributed by atoms with van der Waals surface area (Å²) in [4.78, 5) is 14.6. The van der Waals surface area contributed by atoms with Gasteiger partial charge >= 0.3 is 0 Å². The van der Waals surface area contributed by atoms with Crippen molar-refractivity contribution in [2.75, 3.05) is 24.3 Å². The number of nitriles is 1. The van der Waals surface area contributed by atoms with E-state index in [9.17, 15) is 4.79 Å². The summed E-state index contributed by atoms with van der Waals surface area (Å²) < 4.78 is 6.81. The van der Waals surface area contributed by atoms with Crippen molar-refractivity contribution < 1.29 is 9.53 Å². The maximum atomic E-state index is 12.9. The number of benzene rings is 2. The Kier molecular flexibility index (Phi) is 8.97. The van der Waals surface area contributed by atoms with E-state index in [0.717, 1.165) is 31.4 Å². The van der Waals surface area contributed by atoms with Crippen molar-refractivity contribution in [2.45, 2.75) is 34.7 Å². The number of hydrogen-bond acceptors (Lipinski definition) is 8. The molecule has 1 amide bonds. The molecule has 0 saturated carbocycles. The number of methoxy groups -OCH3 is 1. The number of aryl methyl sites for hydroxylation is 2. The van der Waals surface area contributed by atoms with Crippen molar-refractivity contribution in [3.63, 3.8) is 0 Å². The summed E-state index contributed by atoms with van der Waals surface area (Å²) in [5, 5.41) is 17.4. The van der Waals surface area contributed by atoms with Gasteiger partial charge in [-0.25, -0.2) is 0 Å². The van der Waals surface area contributed by atoms with Crippen molar-refractivity contribution in [1.82, 2.24) is 10.2 Å². The summed E-state index contributed by atoms with van der Waals surface area (Å²) in [5.41, 5.74) is 4.29. The second-order valence-corrected chi connectivity index (χ2v) is 10.4. The number of amides is 1. The van der Waals surface area contributed by atoms with Crippen molar-refractivity contribution in [3.05, 3.63) is 59.2 Å². The number of carbonyl (C=O) groups is 1. The molecule has 0 unspecified atom stereocenters. The van der Waals surface area contributed by atoms with Gasteiger partial charge in [-0.3, -0.25) is 4.79 Å². The Bertz CT molecular complexity index is 1090. The van der Waals surface area contributed by atoms with Crippen LogP contribution in [0, 0.1) is 25.2 Å². The zero-order chi connectivity index (χ0) is 22.9. The Balaban J connectivity index is 1.57. The Morgan fingerprint density at radius 1 is 1.09 bits per heavy atom. The van der Waals surface area contributed by atoms with Gasteiger partial charge in [0.15, 0.2) is 8.68 Å². The summed E-state index contributed by atoms with van der Waals surface area (Å²) >= 11 is 4.49. The van der Waals surface area contributed by atoms with Crippen molar-refractivity contribution in [3.8, 4) is 11.8 Å². The van der Waals surface area contributed by atoms with Crippen molar-refractivity contribution in [2.24, 2.45) is 0 Å². The molecule has 0 atom stereocenters. The third-order valence-corrected chi connectivity index (χ3v) is 8.02. The first-order valence-corrected chi connectivity index (χ1v) is 12.8. The van der Waals surface area contributed by atoms with Gasteiger partial charge in [0.1, 0.15) is 5.75 Å². The highest BCUT2D eigenvalue weighted by Crippen LogP contribution is 2.31. The van der Waals surface area contributed by atoms with Crippen molar-refractivity contribution >= 4 is 46.5 Å². The van der Waals surface area contributed by atoms with Crippen LogP contribution in [0.5, 0.6) is 5.75 Å². The average Bonchev–Trinajstić information content (AvgIpc) is 3.27. The van der Waals surface area contributed by atoms with E-state index in [2.05, 4.69) is 16.3 Å². The number of hydrogen-bond donors (Lipinski definition) is 0. The smallest absolute Gasteiger partial charge is 0.237 e. The first-order chi connectivity index (χ1) is 15.5. The van der Waals surface area contributed by atoms with Crippen LogP contribution in [0.25, 0.3) is 0 Å². The van der Waals surface area contributed by atoms with Gasteiger partial charge in [-0.05, 0) is 54.8 Å². The van der Waals surface area contributed by atoms with Gasteiger partial charge in [0.25, 0.3) is 0 Å². The first kappa shape index (κ1) is 24.1. The van der Waals surface area contributed by atoms with Crippen LogP contribution in [0.3, 0.4) is 0 Å². The Labute approximate surface area is 201 Å². The summed E-state index contributed by atoms with van der Waals surface area (Å²) in [6, 6.07) is 16.0. The van der Waals surface area contributed by atoms with E-state index < -0.39 is 0 Å². The lowest BCUT2D eigenvalue weighted by Crippen LogP contribution is -2.33. The molecule has 0 aliphatic heterocycles. The molecule has 9 heteroatoms. The molecule has 0 bridgehead atoms. The number of thioether (sulfide) groups is 2. The fraction of sp³-hybridized carbons (Fsp3) is 0.304. The van der Waals surface area contributed by atoms with E-state index in [1.807, 2.05) is 56.3 Å². The lowest BCUT2D eigenvalue weighted by Gasteiger charge is -2.22. The fourth-order valence-corrected chi connectivity index (χ4v) is 5.69. The molecule has 0 N–H and O–H groups in total. The maximum absolute atomic E-state index is 12.9. The quantitative estimate of drug-likeness (QED) is 0.352. The minimum atomic E-state index is -0.0452. The highest BCUT2D eigenvalue weighted by Gasteiger charge is 2.17. The summed E-state index contributed by atoms with van der Waals surface area (Å²) in [6.07, 6.45) is 0.286. The number of nitrogens with zero attached hydrogens (tertiary/aromatic N) is 4. The molecule has 1 aromatic heterocycles. The second-order valence-electron chi connectivity index (χ2n) is 6.98. The molecule has 0 saturated heterocycles. The van der Waals surface area contributed by atoms with Crippen LogP contribution in [0.15, 0.2) is 51.1 Å². The zero-order valence-corrected chi connectivity index (χ0v) is 20.6. The number of carbonyl (C=O) groups excluding carboxylic acids is 1. The lowest BCUT2D eigenvalue weighted by atomic mass is 10.1. The molecule has 32 heavy (non-hydrogen) atoms. The number of rotatable bonds is 10. The van der Waals surface area contributed by atoms with Gasteiger partial charge < -0.3 is 9.64 Å². The first-order valence-electron chi connectivity index (χ1n) is 9.96. The molecular weight excluding hydrogens is 460 g/mol. The SMILES string of the molecule is COc1ccc(CSc2nnc(SCC(=O)N(CCC#N)c3ccc(C)c(C)c3)s2)cc1. The minimum Gasteiger partial charge on any atom is -0.497 e. The highest BCUT2D eigenvalue weighted by atomic mass is 32.2. The Hall–Kier alpha value is -2.54. The van der Waals surface area contributed by atoms with E-state index in [-0.39, 0.29) is 18.1 Å². The lowest BCUT2D eigenvalue weighted by molar-refractivity contribution is -0.116. The molecule has 0 radical (unpaired) electrons. The predicted molar refractivity (Wildman–Crippen MR) is 132 cm³/mol. The van der Waals surface area contributed by atoms with Gasteiger partial charge in [0.2, 0.25) is 5.91 Å². The van der Waals surface area contributed by atoms with Crippen LogP contribution in [0.2, 0.25) is 0 Å². The van der Waals surface area contributed by atoms with E-state index in [4.69, 9.17) is 10.00 Å². The molecule has 1 heterocycles. The third kappa shape index (κ3) is 6.73. The molecule has 0 fully saturated rings. The summed E-state index contributed by atoms with van der Waals surface area (Å²) in [7, 11) is 1.65.